The van der Waals surface area contributed by atoms with Gasteiger partial charge in [-0.25, -0.2) is 4.68 Å². The molecule has 3 rings (SSSR count). The summed E-state index contributed by atoms with van der Waals surface area (Å²) in [6.07, 6.45) is 3.65. The summed E-state index contributed by atoms with van der Waals surface area (Å²) < 4.78 is 7.10. The second-order valence-electron chi connectivity index (χ2n) is 7.61. The molecule has 27 heavy (non-hydrogen) atoms. The van der Waals surface area contributed by atoms with Crippen molar-refractivity contribution in [3.05, 3.63) is 41.7 Å². The summed E-state index contributed by atoms with van der Waals surface area (Å²) in [5, 5.41) is 12.5. The number of rotatable bonds is 8. The Labute approximate surface area is 168 Å². The number of tetrazole rings is 1. The summed E-state index contributed by atoms with van der Waals surface area (Å²) in [6, 6.07) is 11.1. The molecule has 1 aromatic carbocycles. The topological polar surface area (TPSA) is 56.1 Å². The predicted molar refractivity (Wildman–Crippen MR) is 109 cm³/mol. The highest BCUT2D eigenvalue weighted by atomic mass is 35.5. The molecule has 0 bridgehead atoms. The minimum Gasteiger partial charge on any atom is -0.383 e. The predicted octanol–water partition coefficient (Wildman–Crippen LogP) is 3.39. The second kappa shape index (κ2) is 10.7. The van der Waals surface area contributed by atoms with E-state index < -0.39 is 0 Å². The van der Waals surface area contributed by atoms with Gasteiger partial charge in [-0.05, 0) is 60.2 Å². The summed E-state index contributed by atoms with van der Waals surface area (Å²) >= 11 is 0. The molecular formula is C20H32ClN5O. The largest absolute Gasteiger partial charge is 0.383 e. The first-order valence-corrected chi connectivity index (χ1v) is 9.72. The van der Waals surface area contributed by atoms with Gasteiger partial charge in [0.1, 0.15) is 0 Å². The molecule has 0 saturated carbocycles. The van der Waals surface area contributed by atoms with Crippen LogP contribution in [0, 0.1) is 11.8 Å². The number of hydrogen-bond acceptors (Lipinski definition) is 5. The molecule has 2 heterocycles. The first-order chi connectivity index (χ1) is 12.7. The summed E-state index contributed by atoms with van der Waals surface area (Å²) in [6.45, 7) is 8.07. The Kier molecular flexibility index (Phi) is 8.67. The van der Waals surface area contributed by atoms with Gasteiger partial charge in [0, 0.05) is 7.11 Å². The summed E-state index contributed by atoms with van der Waals surface area (Å²) in [4.78, 5) is 2.57. The van der Waals surface area contributed by atoms with Gasteiger partial charge in [-0.3, -0.25) is 4.90 Å². The number of likely N-dealkylation sites (tertiary alicyclic amines) is 1. The van der Waals surface area contributed by atoms with Crippen molar-refractivity contribution in [2.24, 2.45) is 11.8 Å². The van der Waals surface area contributed by atoms with Crippen LogP contribution < -0.4 is 0 Å². The average Bonchev–Trinajstić information content (AvgIpc) is 3.10. The van der Waals surface area contributed by atoms with Crippen molar-refractivity contribution in [2.45, 2.75) is 45.7 Å². The maximum Gasteiger partial charge on any atom is 0.168 e. The monoisotopic (exact) mass is 393 g/mol. The van der Waals surface area contributed by atoms with Crippen LogP contribution in [0.25, 0.3) is 0 Å². The lowest BCUT2D eigenvalue weighted by atomic mass is 9.88. The summed E-state index contributed by atoms with van der Waals surface area (Å²) in [7, 11) is 1.71. The Morgan fingerprint density at radius 1 is 1.15 bits per heavy atom. The van der Waals surface area contributed by atoms with Gasteiger partial charge >= 0.3 is 0 Å². The van der Waals surface area contributed by atoms with E-state index in [1.165, 1.54) is 24.8 Å². The maximum absolute atomic E-state index is 5.20. The Balaban J connectivity index is 0.00000261. The lowest BCUT2D eigenvalue weighted by Gasteiger charge is -2.38. The molecule has 1 aliphatic heterocycles. The number of benzene rings is 1. The first-order valence-electron chi connectivity index (χ1n) is 9.72. The fraction of sp³-hybridized carbons (Fsp3) is 0.650. The minimum atomic E-state index is 0. The fourth-order valence-electron chi connectivity index (χ4n) is 4.03. The number of aromatic nitrogens is 4. The number of hydrogen-bond donors (Lipinski definition) is 0. The van der Waals surface area contributed by atoms with Crippen molar-refractivity contribution in [3.8, 4) is 0 Å². The van der Waals surface area contributed by atoms with E-state index in [9.17, 15) is 0 Å². The van der Waals surface area contributed by atoms with Gasteiger partial charge in [0.2, 0.25) is 0 Å². The van der Waals surface area contributed by atoms with E-state index in [0.29, 0.717) is 19.1 Å². The molecule has 0 spiro atoms. The van der Waals surface area contributed by atoms with Gasteiger partial charge in [0.15, 0.2) is 5.82 Å². The molecular weight excluding hydrogens is 362 g/mol. The quantitative estimate of drug-likeness (QED) is 0.688. The van der Waals surface area contributed by atoms with E-state index in [1.807, 2.05) is 4.68 Å². The standard InChI is InChI=1S/C20H31N5O.ClH/c1-16(2)19(20-21-22-23-25(20)13-14-26-3)24-11-9-18(10-12-24)15-17-7-5-4-6-8-17;/h4-8,16,18-19H,9-15H2,1-3H3;1H. The Morgan fingerprint density at radius 2 is 1.85 bits per heavy atom. The fourth-order valence-corrected chi connectivity index (χ4v) is 4.03. The third kappa shape index (κ3) is 5.74. The van der Waals surface area contributed by atoms with E-state index in [4.69, 9.17) is 4.74 Å². The molecule has 6 nitrogen and oxygen atoms in total. The van der Waals surface area contributed by atoms with E-state index in [1.54, 1.807) is 7.11 Å². The highest BCUT2D eigenvalue weighted by Crippen LogP contribution is 2.32. The molecule has 150 valence electrons. The van der Waals surface area contributed by atoms with Crippen LogP contribution in [0.3, 0.4) is 0 Å². The van der Waals surface area contributed by atoms with Crippen molar-refractivity contribution < 1.29 is 4.74 Å². The zero-order chi connectivity index (χ0) is 18.4. The van der Waals surface area contributed by atoms with E-state index >= 15 is 0 Å². The number of nitrogens with zero attached hydrogens (tertiary/aromatic N) is 5. The van der Waals surface area contributed by atoms with Crippen molar-refractivity contribution in [1.82, 2.24) is 25.1 Å². The summed E-state index contributed by atoms with van der Waals surface area (Å²) in [5.41, 5.74) is 1.45. The molecule has 1 saturated heterocycles. The van der Waals surface area contributed by atoms with Crippen LogP contribution in [-0.2, 0) is 17.7 Å². The Hall–Kier alpha value is -1.50. The molecule has 0 amide bonds. The van der Waals surface area contributed by atoms with Gasteiger partial charge in [0.25, 0.3) is 0 Å². The van der Waals surface area contributed by atoms with Crippen LogP contribution in [0.5, 0.6) is 0 Å². The molecule has 1 aliphatic rings. The molecule has 0 N–H and O–H groups in total. The molecule has 0 radical (unpaired) electrons. The van der Waals surface area contributed by atoms with Crippen molar-refractivity contribution in [1.29, 1.82) is 0 Å². The first kappa shape index (κ1) is 21.8. The average molecular weight is 394 g/mol. The Morgan fingerprint density at radius 3 is 2.48 bits per heavy atom. The van der Waals surface area contributed by atoms with Crippen LogP contribution in [0.1, 0.15) is 44.1 Å². The van der Waals surface area contributed by atoms with Gasteiger partial charge in [-0.15, -0.1) is 17.5 Å². The zero-order valence-electron chi connectivity index (χ0n) is 16.6. The lowest BCUT2D eigenvalue weighted by molar-refractivity contribution is 0.0931. The number of methoxy groups -OCH3 is 1. The molecule has 1 fully saturated rings. The third-order valence-corrected chi connectivity index (χ3v) is 5.37. The second-order valence-corrected chi connectivity index (χ2v) is 7.61. The SMILES string of the molecule is COCCn1nnnc1C(C(C)C)N1CCC(Cc2ccccc2)CC1.Cl. The minimum absolute atomic E-state index is 0. The molecule has 7 heteroatoms. The van der Waals surface area contributed by atoms with Crippen LogP contribution in [0.4, 0.5) is 0 Å². The van der Waals surface area contributed by atoms with Gasteiger partial charge in [-0.2, -0.15) is 0 Å². The number of halogens is 1. The third-order valence-electron chi connectivity index (χ3n) is 5.37. The van der Waals surface area contributed by atoms with Gasteiger partial charge in [0.05, 0.1) is 19.2 Å². The van der Waals surface area contributed by atoms with Crippen molar-refractivity contribution in [2.75, 3.05) is 26.8 Å². The Bertz CT molecular complexity index is 655. The maximum atomic E-state index is 5.20. The van der Waals surface area contributed by atoms with E-state index in [-0.39, 0.29) is 18.4 Å². The molecule has 0 aliphatic carbocycles. The number of piperidine rings is 1. The van der Waals surface area contributed by atoms with Gasteiger partial charge in [-0.1, -0.05) is 44.2 Å². The van der Waals surface area contributed by atoms with Crippen LogP contribution in [0.15, 0.2) is 30.3 Å². The van der Waals surface area contributed by atoms with Gasteiger partial charge < -0.3 is 4.74 Å². The van der Waals surface area contributed by atoms with Crippen LogP contribution in [-0.4, -0.2) is 51.9 Å². The van der Waals surface area contributed by atoms with Crippen LogP contribution in [0.2, 0.25) is 0 Å². The van der Waals surface area contributed by atoms with Crippen molar-refractivity contribution >= 4 is 12.4 Å². The lowest BCUT2D eigenvalue weighted by Crippen LogP contribution is -2.40. The molecule has 2 aromatic rings. The molecule has 1 unspecified atom stereocenters. The normalized spacial score (nSPS) is 17.0. The smallest absolute Gasteiger partial charge is 0.168 e. The molecule has 1 atom stereocenters. The van der Waals surface area contributed by atoms with E-state index in [0.717, 1.165) is 24.8 Å². The zero-order valence-corrected chi connectivity index (χ0v) is 17.4. The highest BCUT2D eigenvalue weighted by molar-refractivity contribution is 5.85. The van der Waals surface area contributed by atoms with E-state index in [2.05, 4.69) is 64.6 Å². The molecule has 1 aromatic heterocycles. The van der Waals surface area contributed by atoms with Crippen molar-refractivity contribution in [3.63, 3.8) is 0 Å². The van der Waals surface area contributed by atoms with Crippen LogP contribution >= 0.6 is 12.4 Å². The number of ether oxygens (including phenoxy) is 1. The highest BCUT2D eigenvalue weighted by Gasteiger charge is 2.31. The summed E-state index contributed by atoms with van der Waals surface area (Å²) in [5.74, 6) is 2.21.